The number of alkyl halides is 3. The highest BCUT2D eigenvalue weighted by molar-refractivity contribution is 4.89. The standard InChI is InChI=1S/C10H15F3N2/c1-2-5-14-9-3-6-15(7-4-9)8-10(11,12)13/h1,9,14H,3-8H2. The van der Waals surface area contributed by atoms with E-state index in [-0.39, 0.29) is 6.04 Å². The van der Waals surface area contributed by atoms with E-state index in [0.717, 1.165) is 12.8 Å². The molecule has 0 aromatic rings. The van der Waals surface area contributed by atoms with Crippen molar-refractivity contribution in [2.45, 2.75) is 25.1 Å². The molecular formula is C10H15F3N2. The van der Waals surface area contributed by atoms with Crippen LogP contribution in [0.15, 0.2) is 0 Å². The Bertz CT molecular complexity index is 224. The van der Waals surface area contributed by atoms with Gasteiger partial charge in [0.1, 0.15) is 0 Å². The van der Waals surface area contributed by atoms with Crippen LogP contribution in [-0.4, -0.2) is 43.3 Å². The first-order chi connectivity index (χ1) is 7.01. The van der Waals surface area contributed by atoms with Crippen LogP contribution < -0.4 is 5.32 Å². The van der Waals surface area contributed by atoms with Gasteiger partial charge in [0.25, 0.3) is 0 Å². The summed E-state index contributed by atoms with van der Waals surface area (Å²) in [7, 11) is 0. The van der Waals surface area contributed by atoms with Crippen molar-refractivity contribution in [1.29, 1.82) is 0 Å². The summed E-state index contributed by atoms with van der Waals surface area (Å²) in [5, 5.41) is 3.11. The second-order valence-corrected chi connectivity index (χ2v) is 3.75. The molecule has 0 bridgehead atoms. The second-order valence-electron chi connectivity index (χ2n) is 3.75. The van der Waals surface area contributed by atoms with Crippen molar-refractivity contribution in [3.8, 4) is 12.3 Å². The van der Waals surface area contributed by atoms with Crippen molar-refractivity contribution >= 4 is 0 Å². The highest BCUT2D eigenvalue weighted by atomic mass is 19.4. The van der Waals surface area contributed by atoms with Gasteiger partial charge in [-0.2, -0.15) is 13.2 Å². The third-order valence-corrected chi connectivity index (χ3v) is 2.48. The third kappa shape index (κ3) is 5.05. The minimum absolute atomic E-state index is 0.269. The summed E-state index contributed by atoms with van der Waals surface area (Å²) in [4.78, 5) is 1.44. The fourth-order valence-electron chi connectivity index (χ4n) is 1.75. The van der Waals surface area contributed by atoms with Crippen LogP contribution in [0.1, 0.15) is 12.8 Å². The average molecular weight is 220 g/mol. The molecule has 0 radical (unpaired) electrons. The van der Waals surface area contributed by atoms with E-state index >= 15 is 0 Å². The van der Waals surface area contributed by atoms with Gasteiger partial charge in [-0.15, -0.1) is 6.42 Å². The molecule has 0 aliphatic carbocycles. The lowest BCUT2D eigenvalue weighted by molar-refractivity contribution is -0.148. The van der Waals surface area contributed by atoms with E-state index in [1.807, 2.05) is 0 Å². The van der Waals surface area contributed by atoms with Crippen LogP contribution in [0.2, 0.25) is 0 Å². The number of nitrogens with zero attached hydrogens (tertiary/aromatic N) is 1. The molecule has 1 rings (SSSR count). The molecule has 0 unspecified atom stereocenters. The van der Waals surface area contributed by atoms with Crippen LogP contribution in [0, 0.1) is 12.3 Å². The zero-order chi connectivity index (χ0) is 11.3. The van der Waals surface area contributed by atoms with Gasteiger partial charge in [-0.1, -0.05) is 5.92 Å². The summed E-state index contributed by atoms with van der Waals surface area (Å²) in [5.41, 5.74) is 0. The first kappa shape index (κ1) is 12.3. The molecule has 5 heteroatoms. The second kappa shape index (κ2) is 5.38. The molecule has 86 valence electrons. The minimum Gasteiger partial charge on any atom is -0.303 e. The van der Waals surface area contributed by atoms with E-state index in [9.17, 15) is 13.2 Å². The molecule has 1 heterocycles. The fourth-order valence-corrected chi connectivity index (χ4v) is 1.75. The van der Waals surface area contributed by atoms with Gasteiger partial charge >= 0.3 is 6.18 Å². The molecule has 1 aliphatic heterocycles. The molecule has 1 aliphatic rings. The van der Waals surface area contributed by atoms with Gasteiger partial charge in [0.2, 0.25) is 0 Å². The Morgan fingerprint density at radius 1 is 1.33 bits per heavy atom. The molecule has 0 aromatic carbocycles. The lowest BCUT2D eigenvalue weighted by Crippen LogP contribution is -2.45. The molecule has 15 heavy (non-hydrogen) atoms. The van der Waals surface area contributed by atoms with E-state index < -0.39 is 12.7 Å². The number of hydrogen-bond donors (Lipinski definition) is 1. The van der Waals surface area contributed by atoms with Crippen LogP contribution in [0.4, 0.5) is 13.2 Å². The number of likely N-dealkylation sites (tertiary alicyclic amines) is 1. The van der Waals surface area contributed by atoms with Crippen molar-refractivity contribution in [1.82, 2.24) is 10.2 Å². The maximum atomic E-state index is 12.1. The van der Waals surface area contributed by atoms with Crippen LogP contribution >= 0.6 is 0 Å². The summed E-state index contributed by atoms with van der Waals surface area (Å²) >= 11 is 0. The number of terminal acetylenes is 1. The average Bonchev–Trinajstić information content (AvgIpc) is 2.14. The Hall–Kier alpha value is -0.730. The van der Waals surface area contributed by atoms with Gasteiger partial charge in [0, 0.05) is 6.04 Å². The minimum atomic E-state index is -4.08. The molecule has 1 fully saturated rings. The zero-order valence-electron chi connectivity index (χ0n) is 8.48. The van der Waals surface area contributed by atoms with Gasteiger partial charge < -0.3 is 5.32 Å². The van der Waals surface area contributed by atoms with Crippen LogP contribution in [0.3, 0.4) is 0 Å². The van der Waals surface area contributed by atoms with Crippen LogP contribution in [0.5, 0.6) is 0 Å². The van der Waals surface area contributed by atoms with E-state index in [0.29, 0.717) is 19.6 Å². The highest BCUT2D eigenvalue weighted by Gasteiger charge is 2.32. The third-order valence-electron chi connectivity index (χ3n) is 2.48. The largest absolute Gasteiger partial charge is 0.401 e. The maximum absolute atomic E-state index is 12.1. The Morgan fingerprint density at radius 3 is 2.40 bits per heavy atom. The van der Waals surface area contributed by atoms with E-state index in [1.54, 1.807) is 0 Å². The number of rotatable bonds is 3. The van der Waals surface area contributed by atoms with Crippen LogP contribution in [-0.2, 0) is 0 Å². The Kier molecular flexibility index (Phi) is 4.43. The molecule has 1 saturated heterocycles. The molecular weight excluding hydrogens is 205 g/mol. The van der Waals surface area contributed by atoms with Gasteiger partial charge in [0.05, 0.1) is 13.1 Å². The quantitative estimate of drug-likeness (QED) is 0.720. The Balaban J connectivity index is 2.21. The van der Waals surface area contributed by atoms with E-state index in [2.05, 4.69) is 11.2 Å². The van der Waals surface area contributed by atoms with Crippen LogP contribution in [0.25, 0.3) is 0 Å². The summed E-state index contributed by atoms with van der Waals surface area (Å²) in [6.45, 7) is 0.669. The summed E-state index contributed by atoms with van der Waals surface area (Å²) in [6.07, 6.45) is 2.47. The molecule has 0 aromatic heterocycles. The number of piperidine rings is 1. The maximum Gasteiger partial charge on any atom is 0.401 e. The van der Waals surface area contributed by atoms with Gasteiger partial charge in [-0.05, 0) is 25.9 Å². The van der Waals surface area contributed by atoms with Crippen molar-refractivity contribution in [2.75, 3.05) is 26.2 Å². The smallest absolute Gasteiger partial charge is 0.303 e. The topological polar surface area (TPSA) is 15.3 Å². The normalized spacial score (nSPS) is 20.1. The monoisotopic (exact) mass is 220 g/mol. The Labute approximate surface area is 87.8 Å². The molecule has 0 spiro atoms. The molecule has 0 saturated carbocycles. The first-order valence-corrected chi connectivity index (χ1v) is 4.97. The lowest BCUT2D eigenvalue weighted by atomic mass is 10.1. The van der Waals surface area contributed by atoms with Crippen molar-refractivity contribution in [3.05, 3.63) is 0 Å². The fraction of sp³-hybridized carbons (Fsp3) is 0.800. The first-order valence-electron chi connectivity index (χ1n) is 4.97. The zero-order valence-corrected chi connectivity index (χ0v) is 8.48. The van der Waals surface area contributed by atoms with E-state index in [4.69, 9.17) is 6.42 Å². The summed E-state index contributed by atoms with van der Waals surface area (Å²) < 4.78 is 36.2. The summed E-state index contributed by atoms with van der Waals surface area (Å²) in [6, 6.07) is 0.269. The van der Waals surface area contributed by atoms with Gasteiger partial charge in [-0.3, -0.25) is 4.90 Å². The lowest BCUT2D eigenvalue weighted by Gasteiger charge is -2.32. The number of nitrogens with one attached hydrogen (secondary N) is 1. The Morgan fingerprint density at radius 2 is 1.93 bits per heavy atom. The van der Waals surface area contributed by atoms with E-state index in [1.165, 1.54) is 4.90 Å². The molecule has 1 N–H and O–H groups in total. The number of hydrogen-bond acceptors (Lipinski definition) is 2. The van der Waals surface area contributed by atoms with Gasteiger partial charge in [-0.25, -0.2) is 0 Å². The van der Waals surface area contributed by atoms with Crippen molar-refractivity contribution in [2.24, 2.45) is 0 Å². The predicted octanol–water partition coefficient (Wildman–Crippen LogP) is 1.24. The highest BCUT2D eigenvalue weighted by Crippen LogP contribution is 2.19. The number of halogens is 3. The predicted molar refractivity (Wildman–Crippen MR) is 52.4 cm³/mol. The SMILES string of the molecule is C#CCNC1CCN(CC(F)(F)F)CC1. The molecule has 2 nitrogen and oxygen atoms in total. The van der Waals surface area contributed by atoms with Gasteiger partial charge in [0.15, 0.2) is 0 Å². The molecule has 0 amide bonds. The summed E-state index contributed by atoms with van der Waals surface area (Å²) in [5.74, 6) is 2.46. The van der Waals surface area contributed by atoms with Crippen molar-refractivity contribution < 1.29 is 13.2 Å². The molecule has 0 atom stereocenters. The van der Waals surface area contributed by atoms with Crippen molar-refractivity contribution in [3.63, 3.8) is 0 Å².